The van der Waals surface area contributed by atoms with Gasteiger partial charge in [0.05, 0.1) is 25.2 Å². The Hall–Kier alpha value is -3.75. The van der Waals surface area contributed by atoms with Crippen molar-refractivity contribution in [3.05, 3.63) is 116 Å². The van der Waals surface area contributed by atoms with Crippen LogP contribution in [0.15, 0.2) is 82.4 Å². The second-order valence-electron chi connectivity index (χ2n) is 7.63. The molecular weight excluding hydrogens is 459 g/mol. The summed E-state index contributed by atoms with van der Waals surface area (Å²) < 4.78 is 21.6. The molecule has 4 rings (SSSR count). The highest BCUT2D eigenvalue weighted by Crippen LogP contribution is 2.32. The molecule has 0 aliphatic heterocycles. The Balaban J connectivity index is 1.89. The summed E-state index contributed by atoms with van der Waals surface area (Å²) in [6, 6.07) is 19.4. The summed E-state index contributed by atoms with van der Waals surface area (Å²) in [7, 11) is 1.45. The SMILES string of the molecule is COc1cccc(-c2nn(Cc3ccccc3F)c(=O)n(CC(N)c3ccccc3)c2=O)c1Cl. The van der Waals surface area contributed by atoms with Gasteiger partial charge < -0.3 is 10.5 Å². The van der Waals surface area contributed by atoms with Gasteiger partial charge in [-0.2, -0.15) is 5.10 Å². The van der Waals surface area contributed by atoms with Gasteiger partial charge in [0.2, 0.25) is 0 Å². The number of halogens is 2. The van der Waals surface area contributed by atoms with E-state index in [-0.39, 0.29) is 34.9 Å². The zero-order chi connectivity index (χ0) is 24.2. The van der Waals surface area contributed by atoms with Gasteiger partial charge in [-0.25, -0.2) is 13.9 Å². The highest BCUT2D eigenvalue weighted by molar-refractivity contribution is 6.34. The maximum absolute atomic E-state index is 14.3. The number of benzene rings is 3. The summed E-state index contributed by atoms with van der Waals surface area (Å²) >= 11 is 6.46. The number of nitrogens with two attached hydrogens (primary N) is 1. The second kappa shape index (κ2) is 10.0. The van der Waals surface area contributed by atoms with Crippen LogP contribution in [0.5, 0.6) is 5.75 Å². The normalized spacial score (nSPS) is 11.9. The van der Waals surface area contributed by atoms with Gasteiger partial charge >= 0.3 is 5.69 Å². The predicted octanol–water partition coefficient (Wildman–Crippen LogP) is 3.62. The van der Waals surface area contributed by atoms with Crippen LogP contribution < -0.4 is 21.7 Å². The molecule has 0 fully saturated rings. The highest BCUT2D eigenvalue weighted by Gasteiger charge is 2.21. The molecule has 1 atom stereocenters. The number of aromatic nitrogens is 3. The van der Waals surface area contributed by atoms with Gasteiger partial charge in [-0.3, -0.25) is 9.36 Å². The minimum atomic E-state index is -0.706. The maximum Gasteiger partial charge on any atom is 0.347 e. The van der Waals surface area contributed by atoms with Crippen molar-refractivity contribution < 1.29 is 9.13 Å². The van der Waals surface area contributed by atoms with Crippen LogP contribution in [-0.4, -0.2) is 21.5 Å². The standard InChI is InChI=1S/C25H22ClFN4O3/c1-34-21-13-7-11-18(22(21)26)23-24(32)30(15-20(28)16-8-3-2-4-9-16)25(33)31(29-23)14-17-10-5-6-12-19(17)27/h2-13,20H,14-15,28H2,1H3. The van der Waals surface area contributed by atoms with Crippen molar-refractivity contribution in [3.8, 4) is 17.0 Å². The van der Waals surface area contributed by atoms with Crippen molar-refractivity contribution >= 4 is 11.6 Å². The molecule has 3 aromatic carbocycles. The van der Waals surface area contributed by atoms with Crippen molar-refractivity contribution in [1.29, 1.82) is 0 Å². The molecule has 0 saturated heterocycles. The molecule has 4 aromatic rings. The van der Waals surface area contributed by atoms with E-state index in [0.29, 0.717) is 5.75 Å². The van der Waals surface area contributed by atoms with Crippen LogP contribution in [0.2, 0.25) is 5.02 Å². The zero-order valence-electron chi connectivity index (χ0n) is 18.3. The van der Waals surface area contributed by atoms with Crippen molar-refractivity contribution in [2.24, 2.45) is 5.73 Å². The molecule has 0 amide bonds. The average Bonchev–Trinajstić information content (AvgIpc) is 2.85. The zero-order valence-corrected chi connectivity index (χ0v) is 19.1. The fourth-order valence-electron chi connectivity index (χ4n) is 3.63. The number of hydrogen-bond donors (Lipinski definition) is 1. The van der Waals surface area contributed by atoms with Gasteiger partial charge in [0.1, 0.15) is 11.6 Å². The van der Waals surface area contributed by atoms with E-state index in [1.807, 2.05) is 30.3 Å². The van der Waals surface area contributed by atoms with Crippen LogP contribution in [0.1, 0.15) is 17.2 Å². The third-order valence-corrected chi connectivity index (χ3v) is 5.83. The minimum absolute atomic E-state index is 0.0694. The molecule has 7 nitrogen and oxygen atoms in total. The van der Waals surface area contributed by atoms with E-state index >= 15 is 0 Å². The predicted molar refractivity (Wildman–Crippen MR) is 129 cm³/mol. The van der Waals surface area contributed by atoms with Gasteiger partial charge in [-0.05, 0) is 17.7 Å². The summed E-state index contributed by atoms with van der Waals surface area (Å²) in [5.41, 5.74) is 6.18. The summed E-state index contributed by atoms with van der Waals surface area (Å²) in [6.45, 7) is -0.281. The van der Waals surface area contributed by atoms with Crippen molar-refractivity contribution in [3.63, 3.8) is 0 Å². The Morgan fingerprint density at radius 3 is 2.44 bits per heavy atom. The molecule has 1 aromatic heterocycles. The first kappa shape index (κ1) is 23.4. The Morgan fingerprint density at radius 1 is 1.03 bits per heavy atom. The number of hydrogen-bond acceptors (Lipinski definition) is 5. The van der Waals surface area contributed by atoms with Gasteiger partial charge in [-0.1, -0.05) is 72.3 Å². The lowest BCUT2D eigenvalue weighted by atomic mass is 10.1. The molecule has 34 heavy (non-hydrogen) atoms. The van der Waals surface area contributed by atoms with Crippen LogP contribution in [0.4, 0.5) is 4.39 Å². The molecule has 0 aliphatic carbocycles. The van der Waals surface area contributed by atoms with Crippen LogP contribution in [-0.2, 0) is 13.1 Å². The van der Waals surface area contributed by atoms with Gasteiger partial charge in [0.15, 0.2) is 5.69 Å². The molecule has 0 aliphatic rings. The second-order valence-corrected chi connectivity index (χ2v) is 8.01. The largest absolute Gasteiger partial charge is 0.495 e. The quantitative estimate of drug-likeness (QED) is 0.436. The molecule has 1 unspecified atom stereocenters. The van der Waals surface area contributed by atoms with Crippen molar-refractivity contribution in [2.45, 2.75) is 19.1 Å². The lowest BCUT2D eigenvalue weighted by molar-refractivity contribution is 0.415. The Labute approximate surface area is 199 Å². The third-order valence-electron chi connectivity index (χ3n) is 5.44. The molecule has 9 heteroatoms. The number of methoxy groups -OCH3 is 1. The van der Waals surface area contributed by atoms with E-state index in [1.54, 1.807) is 36.4 Å². The molecule has 0 radical (unpaired) electrons. The minimum Gasteiger partial charge on any atom is -0.495 e. The first-order valence-corrected chi connectivity index (χ1v) is 10.9. The molecular formula is C25H22ClFN4O3. The van der Waals surface area contributed by atoms with E-state index in [0.717, 1.165) is 14.8 Å². The van der Waals surface area contributed by atoms with E-state index in [4.69, 9.17) is 22.1 Å². The van der Waals surface area contributed by atoms with E-state index < -0.39 is 23.1 Å². The van der Waals surface area contributed by atoms with E-state index in [9.17, 15) is 14.0 Å². The first-order chi connectivity index (χ1) is 16.4. The smallest absolute Gasteiger partial charge is 0.347 e. The lowest BCUT2D eigenvalue weighted by Crippen LogP contribution is -2.44. The van der Waals surface area contributed by atoms with Crippen LogP contribution in [0.25, 0.3) is 11.3 Å². The van der Waals surface area contributed by atoms with Gasteiger partial charge in [-0.15, -0.1) is 0 Å². The van der Waals surface area contributed by atoms with Crippen LogP contribution in [0.3, 0.4) is 0 Å². The molecule has 2 N–H and O–H groups in total. The van der Waals surface area contributed by atoms with Gasteiger partial charge in [0, 0.05) is 17.2 Å². The molecule has 0 spiro atoms. The van der Waals surface area contributed by atoms with Crippen molar-refractivity contribution in [2.75, 3.05) is 7.11 Å². The average molecular weight is 481 g/mol. The number of nitrogens with zero attached hydrogens (tertiary/aromatic N) is 3. The Bertz CT molecular complexity index is 1440. The Kier molecular flexibility index (Phi) is 6.90. The molecule has 0 bridgehead atoms. The first-order valence-electron chi connectivity index (χ1n) is 10.5. The van der Waals surface area contributed by atoms with Crippen molar-refractivity contribution in [1.82, 2.24) is 14.3 Å². The Morgan fingerprint density at radius 2 is 1.74 bits per heavy atom. The summed E-state index contributed by atoms with van der Waals surface area (Å²) in [5.74, 6) is -0.143. The topological polar surface area (TPSA) is 92.1 Å². The van der Waals surface area contributed by atoms with E-state index in [2.05, 4.69) is 5.10 Å². The fourth-order valence-corrected chi connectivity index (χ4v) is 3.93. The van der Waals surface area contributed by atoms with Crippen LogP contribution >= 0.6 is 11.6 Å². The van der Waals surface area contributed by atoms with E-state index in [1.165, 1.54) is 13.2 Å². The molecule has 174 valence electrons. The van der Waals surface area contributed by atoms with Gasteiger partial charge in [0.25, 0.3) is 5.56 Å². The fraction of sp³-hybridized carbons (Fsp3) is 0.160. The lowest BCUT2D eigenvalue weighted by Gasteiger charge is -2.17. The summed E-state index contributed by atoms with van der Waals surface area (Å²) in [5, 5.41) is 4.45. The highest BCUT2D eigenvalue weighted by atomic mass is 35.5. The monoisotopic (exact) mass is 480 g/mol. The van der Waals surface area contributed by atoms with Crippen LogP contribution in [0, 0.1) is 5.82 Å². The number of rotatable bonds is 7. The third kappa shape index (κ3) is 4.64. The molecule has 0 saturated carbocycles. The number of ether oxygens (including phenoxy) is 1. The summed E-state index contributed by atoms with van der Waals surface area (Å²) in [4.78, 5) is 26.7. The summed E-state index contributed by atoms with van der Waals surface area (Å²) in [6.07, 6.45) is 0. The maximum atomic E-state index is 14.3. The molecule has 1 heterocycles.